The summed E-state index contributed by atoms with van der Waals surface area (Å²) in [7, 11) is 0. The topological polar surface area (TPSA) is 16.4 Å². The van der Waals surface area contributed by atoms with Crippen LogP contribution in [0.3, 0.4) is 0 Å². The summed E-state index contributed by atoms with van der Waals surface area (Å²) in [4.78, 5) is 2.54. The van der Waals surface area contributed by atoms with Crippen LogP contribution in [-0.4, -0.2) is 0 Å². The van der Waals surface area contributed by atoms with E-state index in [1.165, 1.54) is 61.3 Å². The Hall–Kier alpha value is -6.64. The van der Waals surface area contributed by atoms with Crippen molar-refractivity contribution in [2.45, 2.75) is 38.5 Å². The zero-order valence-corrected chi connectivity index (χ0v) is 32.1. The molecule has 0 bridgehead atoms. The molecule has 0 N–H and O–H groups in total. The Morgan fingerprint density at radius 2 is 0.857 bits per heavy atom. The van der Waals surface area contributed by atoms with Crippen LogP contribution in [0.25, 0.3) is 66.4 Å². The van der Waals surface area contributed by atoms with Crippen LogP contribution in [-0.2, 0) is 10.8 Å². The fourth-order valence-electron chi connectivity index (χ4n) is 10.1. The first-order chi connectivity index (χ1) is 27.3. The second-order valence-electron chi connectivity index (χ2n) is 16.4. The smallest absolute Gasteiger partial charge is 0.143 e. The minimum absolute atomic E-state index is 0.283. The normalized spacial score (nSPS) is 14.4. The van der Waals surface area contributed by atoms with Crippen molar-refractivity contribution in [1.82, 2.24) is 0 Å². The van der Waals surface area contributed by atoms with Gasteiger partial charge in [-0.05, 0) is 91.5 Å². The summed E-state index contributed by atoms with van der Waals surface area (Å²) in [6.07, 6.45) is 0. The first-order valence-corrected chi connectivity index (χ1v) is 19.7. The second kappa shape index (κ2) is 11.9. The minimum atomic E-state index is -0.283. The second-order valence-corrected chi connectivity index (χ2v) is 16.4. The van der Waals surface area contributed by atoms with E-state index < -0.39 is 0 Å². The van der Waals surface area contributed by atoms with Gasteiger partial charge in [0.25, 0.3) is 0 Å². The van der Waals surface area contributed by atoms with Crippen LogP contribution in [0.5, 0.6) is 0 Å². The van der Waals surface area contributed by atoms with Gasteiger partial charge in [-0.1, -0.05) is 173 Å². The highest BCUT2D eigenvalue weighted by molar-refractivity contribution is 6.11. The number of para-hydroxylation sites is 4. The Bertz CT molecular complexity index is 2880. The van der Waals surface area contributed by atoms with Crippen molar-refractivity contribution in [3.63, 3.8) is 0 Å². The third-order valence-corrected chi connectivity index (χ3v) is 12.6. The van der Waals surface area contributed by atoms with E-state index in [-0.39, 0.29) is 10.8 Å². The molecule has 0 saturated heterocycles. The monoisotopic (exact) mass is 719 g/mol. The van der Waals surface area contributed by atoms with E-state index in [1.54, 1.807) is 0 Å². The summed E-state index contributed by atoms with van der Waals surface area (Å²) in [5.74, 6) is 0. The van der Waals surface area contributed by atoms with Crippen molar-refractivity contribution in [3.05, 3.63) is 198 Å². The van der Waals surface area contributed by atoms with Gasteiger partial charge in [-0.25, -0.2) is 0 Å². The SMILES string of the molecule is CC1(C)c2ccccc2-c2c(-c3ccc(-c4cccc5c4oc4ccccc45)cc3)c3c(c(N(c4ccccc4)c4ccccc4)c21)C(C)(C)c1ccccc1-3. The van der Waals surface area contributed by atoms with Crippen molar-refractivity contribution in [1.29, 1.82) is 0 Å². The lowest BCUT2D eigenvalue weighted by Crippen LogP contribution is -2.26. The number of rotatable bonds is 5. The molecule has 9 aromatic rings. The minimum Gasteiger partial charge on any atom is -0.455 e. The Kier molecular flexibility index (Phi) is 6.98. The molecule has 0 aliphatic heterocycles. The van der Waals surface area contributed by atoms with Crippen molar-refractivity contribution < 1.29 is 4.42 Å². The summed E-state index contributed by atoms with van der Waals surface area (Å²) in [6, 6.07) is 64.2. The van der Waals surface area contributed by atoms with Crippen LogP contribution in [0.4, 0.5) is 17.1 Å². The molecular weight excluding hydrogens is 679 g/mol. The third kappa shape index (κ3) is 4.50. The predicted octanol–water partition coefficient (Wildman–Crippen LogP) is 15.0. The van der Waals surface area contributed by atoms with E-state index in [1.807, 2.05) is 6.07 Å². The predicted molar refractivity (Wildman–Crippen MR) is 234 cm³/mol. The highest BCUT2D eigenvalue weighted by Gasteiger charge is 2.48. The van der Waals surface area contributed by atoms with E-state index in [4.69, 9.17) is 4.42 Å². The van der Waals surface area contributed by atoms with Gasteiger partial charge in [-0.2, -0.15) is 0 Å². The van der Waals surface area contributed by atoms with Crippen LogP contribution < -0.4 is 4.90 Å². The lowest BCUT2D eigenvalue weighted by molar-refractivity contribution is 0.640. The Labute approximate surface area is 328 Å². The van der Waals surface area contributed by atoms with Gasteiger partial charge in [0, 0.05) is 38.5 Å². The van der Waals surface area contributed by atoms with Gasteiger partial charge in [0.2, 0.25) is 0 Å². The van der Waals surface area contributed by atoms with Crippen molar-refractivity contribution in [2.24, 2.45) is 0 Å². The number of benzene rings is 8. The first-order valence-electron chi connectivity index (χ1n) is 19.7. The van der Waals surface area contributed by atoms with Crippen LogP contribution in [0.2, 0.25) is 0 Å². The van der Waals surface area contributed by atoms with Gasteiger partial charge in [0.1, 0.15) is 11.2 Å². The standard InChI is InChI=1S/C54H41NO/c1-53(2)43-27-14-11-23-41(43)47-46(35-32-30-34(31-33-35)38-25-17-26-40-39-22-13-16-29-45(39)56-52(38)40)48-42-24-12-15-28-44(42)54(3,4)50(48)51(49(47)53)55(36-18-7-5-8-19-36)37-20-9-6-10-21-37/h5-33H,1-4H3. The molecule has 0 radical (unpaired) electrons. The fraction of sp³-hybridized carbons (Fsp3) is 0.111. The molecule has 1 heterocycles. The van der Waals surface area contributed by atoms with Crippen LogP contribution in [0.15, 0.2) is 180 Å². The van der Waals surface area contributed by atoms with Gasteiger partial charge in [-0.15, -0.1) is 0 Å². The maximum Gasteiger partial charge on any atom is 0.143 e. The fourth-order valence-corrected chi connectivity index (χ4v) is 10.1. The highest BCUT2D eigenvalue weighted by Crippen LogP contribution is 2.66. The Balaban J connectivity index is 1.25. The van der Waals surface area contributed by atoms with Crippen LogP contribution in [0.1, 0.15) is 49.9 Å². The third-order valence-electron chi connectivity index (χ3n) is 12.6. The van der Waals surface area contributed by atoms with Gasteiger partial charge in [0.05, 0.1) is 5.69 Å². The van der Waals surface area contributed by atoms with E-state index in [9.17, 15) is 0 Å². The average molecular weight is 720 g/mol. The van der Waals surface area contributed by atoms with E-state index in [0.29, 0.717) is 0 Å². The molecule has 56 heavy (non-hydrogen) atoms. The molecule has 0 atom stereocenters. The Morgan fingerprint density at radius 1 is 0.393 bits per heavy atom. The number of hydrogen-bond acceptors (Lipinski definition) is 2. The number of hydrogen-bond donors (Lipinski definition) is 0. The quantitative estimate of drug-likeness (QED) is 0.176. The number of furan rings is 1. The molecule has 268 valence electrons. The highest BCUT2D eigenvalue weighted by atomic mass is 16.3. The summed E-state index contributed by atoms with van der Waals surface area (Å²) in [6.45, 7) is 9.71. The molecule has 2 heteroatoms. The van der Waals surface area contributed by atoms with E-state index in [2.05, 4.69) is 202 Å². The molecule has 8 aromatic carbocycles. The summed E-state index contributed by atoms with van der Waals surface area (Å²) in [5.41, 5.74) is 20.4. The first kappa shape index (κ1) is 32.8. The van der Waals surface area contributed by atoms with Gasteiger partial charge in [0.15, 0.2) is 0 Å². The van der Waals surface area contributed by atoms with Crippen molar-refractivity contribution in [2.75, 3.05) is 4.90 Å². The lowest BCUT2D eigenvalue weighted by Gasteiger charge is -2.38. The van der Waals surface area contributed by atoms with E-state index >= 15 is 0 Å². The molecule has 2 aliphatic carbocycles. The van der Waals surface area contributed by atoms with Gasteiger partial charge >= 0.3 is 0 Å². The molecule has 2 aliphatic rings. The molecule has 0 amide bonds. The zero-order chi connectivity index (χ0) is 37.8. The summed E-state index contributed by atoms with van der Waals surface area (Å²) >= 11 is 0. The molecule has 0 unspecified atom stereocenters. The number of anilines is 3. The molecule has 1 aromatic heterocycles. The van der Waals surface area contributed by atoms with Gasteiger partial charge in [-0.3, -0.25) is 0 Å². The van der Waals surface area contributed by atoms with Crippen molar-refractivity contribution in [3.8, 4) is 44.5 Å². The van der Waals surface area contributed by atoms with Crippen molar-refractivity contribution >= 4 is 39.0 Å². The molecule has 11 rings (SSSR count). The summed E-state index contributed by atoms with van der Waals surface area (Å²) < 4.78 is 6.50. The maximum absolute atomic E-state index is 6.50. The largest absolute Gasteiger partial charge is 0.455 e. The summed E-state index contributed by atoms with van der Waals surface area (Å²) in [5, 5.41) is 2.29. The van der Waals surface area contributed by atoms with Crippen LogP contribution in [0, 0.1) is 0 Å². The number of fused-ring (bicyclic) bond motifs is 9. The molecule has 0 spiro atoms. The van der Waals surface area contributed by atoms with E-state index in [0.717, 1.165) is 44.4 Å². The van der Waals surface area contributed by atoms with Gasteiger partial charge < -0.3 is 9.32 Å². The lowest BCUT2D eigenvalue weighted by atomic mass is 9.73. The maximum atomic E-state index is 6.50. The zero-order valence-electron chi connectivity index (χ0n) is 32.1. The van der Waals surface area contributed by atoms with Crippen LogP contribution >= 0.6 is 0 Å². The molecule has 0 fully saturated rings. The molecule has 2 nitrogen and oxygen atoms in total. The average Bonchev–Trinajstić information content (AvgIpc) is 3.82. The molecular formula is C54H41NO. The number of nitrogens with zero attached hydrogens (tertiary/aromatic N) is 1. The molecule has 0 saturated carbocycles. The Morgan fingerprint density at radius 3 is 1.45 bits per heavy atom.